The van der Waals surface area contributed by atoms with E-state index >= 15 is 0 Å². The van der Waals surface area contributed by atoms with Gasteiger partial charge in [0, 0.05) is 6.54 Å². The van der Waals surface area contributed by atoms with Crippen molar-refractivity contribution in [1.29, 1.82) is 0 Å². The molecule has 0 saturated heterocycles. The van der Waals surface area contributed by atoms with Crippen molar-refractivity contribution in [2.24, 2.45) is 0 Å². The van der Waals surface area contributed by atoms with Gasteiger partial charge in [-0.1, -0.05) is 19.1 Å². The molecule has 0 aliphatic rings. The van der Waals surface area contributed by atoms with Gasteiger partial charge in [-0.05, 0) is 31.0 Å². The first-order valence-electron chi connectivity index (χ1n) is 6.37. The van der Waals surface area contributed by atoms with Gasteiger partial charge in [-0.15, -0.1) is 0 Å². The molecule has 110 valence electrons. The quantitative estimate of drug-likeness (QED) is 0.704. The molecule has 1 unspecified atom stereocenters. The van der Waals surface area contributed by atoms with Crippen molar-refractivity contribution >= 4 is 11.9 Å². The van der Waals surface area contributed by atoms with Crippen LogP contribution in [0.5, 0.6) is 0 Å². The molecule has 0 spiro atoms. The summed E-state index contributed by atoms with van der Waals surface area (Å²) in [4.78, 5) is 22.7. The van der Waals surface area contributed by atoms with E-state index < -0.39 is 11.5 Å². The zero-order valence-electron chi connectivity index (χ0n) is 11.6. The predicted octanol–water partition coefficient (Wildman–Crippen LogP) is 1.28. The molecule has 5 nitrogen and oxygen atoms in total. The van der Waals surface area contributed by atoms with Crippen molar-refractivity contribution in [3.8, 4) is 0 Å². The van der Waals surface area contributed by atoms with Crippen molar-refractivity contribution in [2.45, 2.75) is 32.4 Å². The molecule has 0 saturated carbocycles. The zero-order chi connectivity index (χ0) is 15.2. The second-order valence-corrected chi connectivity index (χ2v) is 4.75. The maximum absolute atomic E-state index is 12.7. The molecule has 1 atom stereocenters. The zero-order valence-corrected chi connectivity index (χ0v) is 11.6. The summed E-state index contributed by atoms with van der Waals surface area (Å²) in [6, 6.07) is 5.80. The number of benzene rings is 1. The molecule has 0 aliphatic heterocycles. The Morgan fingerprint density at radius 1 is 1.30 bits per heavy atom. The van der Waals surface area contributed by atoms with E-state index in [1.54, 1.807) is 19.1 Å². The van der Waals surface area contributed by atoms with E-state index in [1.807, 2.05) is 0 Å². The van der Waals surface area contributed by atoms with Crippen LogP contribution in [0.1, 0.15) is 25.8 Å². The maximum atomic E-state index is 12.7. The first kappa shape index (κ1) is 16.1. The van der Waals surface area contributed by atoms with Crippen LogP contribution in [0.2, 0.25) is 0 Å². The van der Waals surface area contributed by atoms with Crippen LogP contribution in [-0.2, 0) is 16.1 Å². The van der Waals surface area contributed by atoms with Crippen LogP contribution < -0.4 is 10.6 Å². The molecule has 0 aromatic heterocycles. The number of nitrogens with one attached hydrogen (secondary N) is 2. The van der Waals surface area contributed by atoms with Gasteiger partial charge in [-0.2, -0.15) is 0 Å². The van der Waals surface area contributed by atoms with E-state index in [1.165, 1.54) is 19.1 Å². The van der Waals surface area contributed by atoms with Crippen LogP contribution in [0.15, 0.2) is 24.3 Å². The normalized spacial score (nSPS) is 13.6. The molecule has 0 bridgehead atoms. The highest BCUT2D eigenvalue weighted by molar-refractivity contribution is 5.81. The summed E-state index contributed by atoms with van der Waals surface area (Å²) in [7, 11) is 0. The monoisotopic (exact) mass is 282 g/mol. The van der Waals surface area contributed by atoms with E-state index in [-0.39, 0.29) is 24.8 Å². The molecule has 1 rings (SSSR count). The van der Waals surface area contributed by atoms with Gasteiger partial charge in [0.25, 0.3) is 0 Å². The number of carbonyl (C=O) groups excluding carboxylic acids is 1. The second-order valence-electron chi connectivity index (χ2n) is 4.75. The van der Waals surface area contributed by atoms with Gasteiger partial charge in [-0.3, -0.25) is 14.9 Å². The highest BCUT2D eigenvalue weighted by atomic mass is 19.1. The molecule has 6 heteroatoms. The number of hydrogen-bond acceptors (Lipinski definition) is 3. The van der Waals surface area contributed by atoms with E-state index in [2.05, 4.69) is 10.6 Å². The lowest BCUT2D eigenvalue weighted by atomic mass is 9.99. The summed E-state index contributed by atoms with van der Waals surface area (Å²) in [5, 5.41) is 14.4. The Morgan fingerprint density at radius 3 is 2.40 bits per heavy atom. The molecule has 20 heavy (non-hydrogen) atoms. The maximum Gasteiger partial charge on any atom is 0.323 e. The van der Waals surface area contributed by atoms with Crippen molar-refractivity contribution in [2.75, 3.05) is 6.54 Å². The fourth-order valence-electron chi connectivity index (χ4n) is 1.49. The molecule has 0 heterocycles. The van der Waals surface area contributed by atoms with Crippen molar-refractivity contribution in [1.82, 2.24) is 10.6 Å². The first-order chi connectivity index (χ1) is 9.37. The number of carbonyl (C=O) groups is 2. The molecule has 1 amide bonds. The van der Waals surface area contributed by atoms with Crippen molar-refractivity contribution in [3.05, 3.63) is 35.6 Å². The molecular weight excluding hydrogens is 263 g/mol. The molecular formula is C14H19FN2O3. The van der Waals surface area contributed by atoms with Crippen molar-refractivity contribution < 1.29 is 19.1 Å². The fourth-order valence-corrected chi connectivity index (χ4v) is 1.49. The van der Waals surface area contributed by atoms with Gasteiger partial charge in [0.2, 0.25) is 5.91 Å². The Kier molecular flexibility index (Phi) is 5.64. The van der Waals surface area contributed by atoms with Crippen LogP contribution in [-0.4, -0.2) is 29.1 Å². The van der Waals surface area contributed by atoms with Crippen LogP contribution in [0, 0.1) is 5.82 Å². The average Bonchev–Trinajstić information content (AvgIpc) is 2.43. The summed E-state index contributed by atoms with van der Waals surface area (Å²) in [5.41, 5.74) is -0.344. The smallest absolute Gasteiger partial charge is 0.323 e. The summed E-state index contributed by atoms with van der Waals surface area (Å²) in [6.45, 7) is 3.45. The Hall–Kier alpha value is -1.95. The Bertz CT molecular complexity index is 476. The molecule has 0 fully saturated rings. The number of aliphatic carboxylic acids is 1. The second kappa shape index (κ2) is 7.00. The average molecular weight is 282 g/mol. The SMILES string of the molecule is CCC(C)(NCC(=O)NCc1ccc(F)cc1)C(=O)O. The predicted molar refractivity (Wildman–Crippen MR) is 72.6 cm³/mol. The molecule has 0 aliphatic carbocycles. The highest BCUT2D eigenvalue weighted by Gasteiger charge is 2.30. The first-order valence-corrected chi connectivity index (χ1v) is 6.37. The minimum absolute atomic E-state index is 0.0855. The van der Waals surface area contributed by atoms with Crippen LogP contribution in [0.4, 0.5) is 4.39 Å². The van der Waals surface area contributed by atoms with Gasteiger partial charge in [0.15, 0.2) is 0 Å². The van der Waals surface area contributed by atoms with Crippen LogP contribution in [0.3, 0.4) is 0 Å². The molecule has 3 N–H and O–H groups in total. The highest BCUT2D eigenvalue weighted by Crippen LogP contribution is 2.08. The molecule has 0 radical (unpaired) electrons. The van der Waals surface area contributed by atoms with E-state index in [9.17, 15) is 14.0 Å². The number of amides is 1. The third-order valence-corrected chi connectivity index (χ3v) is 3.22. The number of hydrogen-bond donors (Lipinski definition) is 3. The number of carboxylic acids is 1. The van der Waals surface area contributed by atoms with Gasteiger partial charge in [-0.25, -0.2) is 4.39 Å². The van der Waals surface area contributed by atoms with Crippen LogP contribution >= 0.6 is 0 Å². The molecule has 1 aromatic rings. The lowest BCUT2D eigenvalue weighted by Gasteiger charge is -2.24. The van der Waals surface area contributed by atoms with Crippen molar-refractivity contribution in [3.63, 3.8) is 0 Å². The fraction of sp³-hybridized carbons (Fsp3) is 0.429. The number of rotatable bonds is 7. The minimum atomic E-state index is -1.12. The topological polar surface area (TPSA) is 78.4 Å². The largest absolute Gasteiger partial charge is 0.480 e. The Morgan fingerprint density at radius 2 is 1.90 bits per heavy atom. The van der Waals surface area contributed by atoms with Gasteiger partial charge in [0.05, 0.1) is 6.54 Å². The Balaban J connectivity index is 2.41. The standard InChI is InChI=1S/C14H19FN2O3/c1-3-14(2,13(19)20)17-9-12(18)16-8-10-4-6-11(15)7-5-10/h4-7,17H,3,8-9H2,1-2H3,(H,16,18)(H,19,20). The Labute approximate surface area is 117 Å². The lowest BCUT2D eigenvalue weighted by Crippen LogP contribution is -2.52. The van der Waals surface area contributed by atoms with Gasteiger partial charge < -0.3 is 10.4 Å². The van der Waals surface area contributed by atoms with Gasteiger partial charge >= 0.3 is 5.97 Å². The third-order valence-electron chi connectivity index (χ3n) is 3.22. The summed E-state index contributed by atoms with van der Waals surface area (Å²) < 4.78 is 12.7. The minimum Gasteiger partial charge on any atom is -0.480 e. The lowest BCUT2D eigenvalue weighted by molar-refractivity contribution is -0.144. The van der Waals surface area contributed by atoms with Crippen LogP contribution in [0.25, 0.3) is 0 Å². The third kappa shape index (κ3) is 4.62. The van der Waals surface area contributed by atoms with E-state index in [4.69, 9.17) is 5.11 Å². The summed E-state index contributed by atoms with van der Waals surface area (Å²) in [5.74, 6) is -1.64. The number of carboxylic acid groups (broad SMARTS) is 1. The molecule has 1 aromatic carbocycles. The van der Waals surface area contributed by atoms with E-state index in [0.29, 0.717) is 6.42 Å². The van der Waals surface area contributed by atoms with Gasteiger partial charge in [0.1, 0.15) is 11.4 Å². The van der Waals surface area contributed by atoms with E-state index in [0.717, 1.165) is 5.56 Å². The summed E-state index contributed by atoms with van der Waals surface area (Å²) >= 11 is 0. The number of halogens is 1. The summed E-state index contributed by atoms with van der Waals surface area (Å²) in [6.07, 6.45) is 0.369.